The van der Waals surface area contributed by atoms with Gasteiger partial charge >= 0.3 is 5.69 Å². The van der Waals surface area contributed by atoms with E-state index in [0.717, 1.165) is 6.07 Å². The van der Waals surface area contributed by atoms with Crippen LogP contribution in [-0.4, -0.2) is 22.1 Å². The largest absolute Gasteiger partial charge is 0.504 e. The molecule has 1 aromatic carbocycles. The zero-order chi connectivity index (χ0) is 12.6. The lowest BCUT2D eigenvalue weighted by Crippen LogP contribution is -2.06. The number of nitrogens with one attached hydrogen (secondary N) is 1. The van der Waals surface area contributed by atoms with E-state index in [0.29, 0.717) is 0 Å². The molecule has 17 heavy (non-hydrogen) atoms. The minimum absolute atomic E-state index is 0.0394. The Morgan fingerprint density at radius 1 is 1.47 bits per heavy atom. The number of nitrogens with zero attached hydrogens (tertiary/aromatic N) is 1. The van der Waals surface area contributed by atoms with Crippen LogP contribution in [0.15, 0.2) is 23.1 Å². The molecule has 2 rings (SSSR count). The van der Waals surface area contributed by atoms with Crippen molar-refractivity contribution < 1.29 is 14.8 Å². The number of phenolic OH excluding ortho intramolecular Hbond substituents is 1. The molecule has 0 unspecified atom stereocenters. The summed E-state index contributed by atoms with van der Waals surface area (Å²) in [4.78, 5) is 24.1. The Kier molecular flexibility index (Phi) is 2.43. The van der Waals surface area contributed by atoms with Gasteiger partial charge in [-0.3, -0.25) is 14.9 Å². The molecule has 7 nitrogen and oxygen atoms in total. The summed E-state index contributed by atoms with van der Waals surface area (Å²) in [6.45, 7) is 0. The van der Waals surface area contributed by atoms with Crippen molar-refractivity contribution in [3.8, 4) is 11.5 Å². The van der Waals surface area contributed by atoms with E-state index in [2.05, 4.69) is 4.98 Å². The minimum Gasteiger partial charge on any atom is -0.504 e. The predicted molar refractivity (Wildman–Crippen MR) is 59.4 cm³/mol. The van der Waals surface area contributed by atoms with Gasteiger partial charge in [-0.1, -0.05) is 0 Å². The van der Waals surface area contributed by atoms with Crippen LogP contribution in [0.2, 0.25) is 0 Å². The monoisotopic (exact) mass is 236 g/mol. The maximum atomic E-state index is 11.5. The summed E-state index contributed by atoms with van der Waals surface area (Å²) >= 11 is 0. The lowest BCUT2D eigenvalue weighted by Gasteiger charge is -2.06. The third kappa shape index (κ3) is 1.57. The molecule has 1 heterocycles. The van der Waals surface area contributed by atoms with Crippen LogP contribution in [-0.2, 0) is 0 Å². The number of aromatic hydroxyl groups is 1. The van der Waals surface area contributed by atoms with E-state index in [-0.39, 0.29) is 16.5 Å². The Morgan fingerprint density at radius 3 is 2.76 bits per heavy atom. The molecule has 0 aliphatic heterocycles. The Balaban J connectivity index is 3.03. The van der Waals surface area contributed by atoms with Crippen LogP contribution in [0, 0.1) is 10.1 Å². The fourth-order valence-corrected chi connectivity index (χ4v) is 1.67. The highest BCUT2D eigenvalue weighted by Gasteiger charge is 2.24. The van der Waals surface area contributed by atoms with Crippen molar-refractivity contribution in [2.75, 3.05) is 7.11 Å². The Labute approximate surface area is 94.4 Å². The van der Waals surface area contributed by atoms with E-state index in [1.54, 1.807) is 0 Å². The molecule has 0 amide bonds. The van der Waals surface area contributed by atoms with Crippen molar-refractivity contribution in [1.29, 1.82) is 0 Å². The number of methoxy groups -OCH3 is 1. The summed E-state index contributed by atoms with van der Waals surface area (Å²) < 4.78 is 4.78. The number of ether oxygens (including phenoxy) is 1. The summed E-state index contributed by atoms with van der Waals surface area (Å²) in [5.74, 6) is -0.698. The second-order valence-corrected chi connectivity index (χ2v) is 3.30. The van der Waals surface area contributed by atoms with Gasteiger partial charge in [0, 0.05) is 6.20 Å². The number of benzene rings is 1. The van der Waals surface area contributed by atoms with Gasteiger partial charge in [0.1, 0.15) is 0 Å². The average molecular weight is 236 g/mol. The topological polar surface area (TPSA) is 105 Å². The van der Waals surface area contributed by atoms with Crippen LogP contribution in [0.5, 0.6) is 11.5 Å². The van der Waals surface area contributed by atoms with Crippen LogP contribution >= 0.6 is 0 Å². The number of aromatic amines is 1. The van der Waals surface area contributed by atoms with Gasteiger partial charge in [0.25, 0.3) is 5.56 Å². The second-order valence-electron chi connectivity index (χ2n) is 3.30. The molecule has 0 saturated heterocycles. The number of rotatable bonds is 2. The molecule has 0 saturated carbocycles. The van der Waals surface area contributed by atoms with E-state index >= 15 is 0 Å². The number of phenols is 1. The fourth-order valence-electron chi connectivity index (χ4n) is 1.67. The third-order valence-electron chi connectivity index (χ3n) is 2.37. The number of H-pyrrole nitrogens is 1. The van der Waals surface area contributed by atoms with E-state index in [1.165, 1.54) is 19.4 Å². The maximum Gasteiger partial charge on any atom is 0.322 e. The van der Waals surface area contributed by atoms with Crippen molar-refractivity contribution in [1.82, 2.24) is 4.98 Å². The molecule has 0 aliphatic carbocycles. The quantitative estimate of drug-likeness (QED) is 0.601. The zero-order valence-corrected chi connectivity index (χ0v) is 8.76. The van der Waals surface area contributed by atoms with Crippen molar-refractivity contribution >= 4 is 16.5 Å². The molecule has 2 N–H and O–H groups in total. The number of nitro benzene ring substituents is 1. The Morgan fingerprint density at radius 2 is 2.18 bits per heavy atom. The lowest BCUT2D eigenvalue weighted by atomic mass is 10.1. The molecule has 0 fully saturated rings. The van der Waals surface area contributed by atoms with Crippen LogP contribution in [0.1, 0.15) is 0 Å². The van der Waals surface area contributed by atoms with E-state index in [9.17, 15) is 20.0 Å². The van der Waals surface area contributed by atoms with Gasteiger partial charge in [0.2, 0.25) is 5.75 Å². The molecule has 0 atom stereocenters. The average Bonchev–Trinajstić information content (AvgIpc) is 2.28. The number of hydrogen-bond donors (Lipinski definition) is 2. The number of pyridine rings is 1. The van der Waals surface area contributed by atoms with Crippen molar-refractivity contribution in [2.45, 2.75) is 0 Å². The third-order valence-corrected chi connectivity index (χ3v) is 2.37. The normalized spacial score (nSPS) is 10.4. The molecule has 1 aromatic heterocycles. The number of fused-ring (bicyclic) bond motifs is 1. The van der Waals surface area contributed by atoms with Crippen LogP contribution < -0.4 is 10.3 Å². The molecule has 0 aliphatic rings. The second kappa shape index (κ2) is 3.78. The SMILES string of the molecule is COc1c(O)cc2c(=O)[nH]ccc2c1[N+](=O)[O-]. The first kappa shape index (κ1) is 10.9. The fraction of sp³-hybridized carbons (Fsp3) is 0.100. The standard InChI is InChI=1S/C10H8N2O5/c1-17-9-7(13)4-6-5(8(9)12(15)16)2-3-11-10(6)14/h2-4,13H,1H3,(H,11,14). The van der Waals surface area contributed by atoms with Crippen molar-refractivity contribution in [2.24, 2.45) is 0 Å². The molecule has 88 valence electrons. The summed E-state index contributed by atoms with van der Waals surface area (Å²) in [6, 6.07) is 2.52. The van der Waals surface area contributed by atoms with Gasteiger partial charge in [0.05, 0.1) is 22.8 Å². The lowest BCUT2D eigenvalue weighted by molar-refractivity contribution is -0.384. The zero-order valence-electron chi connectivity index (χ0n) is 8.76. The van der Waals surface area contributed by atoms with Gasteiger partial charge in [0.15, 0.2) is 5.75 Å². The highest BCUT2D eigenvalue weighted by atomic mass is 16.6. The highest BCUT2D eigenvalue weighted by molar-refractivity contribution is 5.94. The molecule has 0 spiro atoms. The number of hydrogen-bond acceptors (Lipinski definition) is 5. The molecule has 0 bridgehead atoms. The van der Waals surface area contributed by atoms with Crippen LogP contribution in [0.4, 0.5) is 5.69 Å². The summed E-state index contributed by atoms with van der Waals surface area (Å²) in [5.41, 5.74) is -0.933. The van der Waals surface area contributed by atoms with Crippen molar-refractivity contribution in [3.63, 3.8) is 0 Å². The molecule has 7 heteroatoms. The van der Waals surface area contributed by atoms with Gasteiger partial charge in [-0.25, -0.2) is 0 Å². The number of nitro groups is 1. The smallest absolute Gasteiger partial charge is 0.322 e. The summed E-state index contributed by atoms with van der Waals surface area (Å²) in [5, 5.41) is 20.7. The summed E-state index contributed by atoms with van der Waals surface area (Å²) in [7, 11) is 1.21. The molecular formula is C10H8N2O5. The van der Waals surface area contributed by atoms with E-state index < -0.39 is 21.9 Å². The van der Waals surface area contributed by atoms with E-state index in [1.807, 2.05) is 0 Å². The minimum atomic E-state index is -0.694. The molecular weight excluding hydrogens is 228 g/mol. The first-order valence-corrected chi connectivity index (χ1v) is 4.62. The van der Waals surface area contributed by atoms with Crippen molar-refractivity contribution in [3.05, 3.63) is 38.8 Å². The molecule has 2 aromatic rings. The highest BCUT2D eigenvalue weighted by Crippen LogP contribution is 2.40. The van der Waals surface area contributed by atoms with E-state index in [4.69, 9.17) is 4.74 Å². The Hall–Kier alpha value is -2.57. The van der Waals surface area contributed by atoms with Crippen LogP contribution in [0.25, 0.3) is 10.8 Å². The first-order chi connectivity index (χ1) is 8.06. The molecule has 0 radical (unpaired) electrons. The Bertz CT molecular complexity index is 662. The van der Waals surface area contributed by atoms with Gasteiger partial charge in [-0.05, 0) is 12.1 Å². The first-order valence-electron chi connectivity index (χ1n) is 4.62. The number of aromatic nitrogens is 1. The maximum absolute atomic E-state index is 11.5. The van der Waals surface area contributed by atoms with Gasteiger partial charge in [-0.15, -0.1) is 0 Å². The van der Waals surface area contributed by atoms with Gasteiger partial charge < -0.3 is 14.8 Å². The predicted octanol–water partition coefficient (Wildman–Crippen LogP) is 1.15. The van der Waals surface area contributed by atoms with Gasteiger partial charge in [-0.2, -0.15) is 0 Å². The summed E-state index contributed by atoms with van der Waals surface area (Å²) in [6.07, 6.45) is 1.30. The van der Waals surface area contributed by atoms with Crippen LogP contribution in [0.3, 0.4) is 0 Å².